The van der Waals surface area contributed by atoms with Gasteiger partial charge in [0, 0.05) is 5.56 Å². The average Bonchev–Trinajstić information content (AvgIpc) is 3.37. The Morgan fingerprint density at radius 1 is 0.621 bits per heavy atom. The van der Waals surface area contributed by atoms with E-state index in [0.29, 0.717) is 22.9 Å². The quantitative estimate of drug-likeness (QED) is 0.390. The third-order valence-corrected chi connectivity index (χ3v) is 5.02. The van der Waals surface area contributed by atoms with Gasteiger partial charge in [0.15, 0.2) is 11.2 Å². The number of fused-ring (bicyclic) bond motifs is 3. The normalized spacial score (nSPS) is 11.6. The van der Waals surface area contributed by atoms with E-state index in [4.69, 9.17) is 8.83 Å². The van der Waals surface area contributed by atoms with Gasteiger partial charge in [0.2, 0.25) is 11.8 Å². The van der Waals surface area contributed by atoms with E-state index in [1.165, 1.54) is 0 Å². The van der Waals surface area contributed by atoms with Crippen molar-refractivity contribution in [3.8, 4) is 28.7 Å². The Hall–Kier alpha value is -4.12. The minimum atomic E-state index is 0.124. The Morgan fingerprint density at radius 2 is 1.28 bits per heavy atom. The first kappa shape index (κ1) is 15.9. The first-order valence-corrected chi connectivity index (χ1v) is 9.23. The zero-order valence-corrected chi connectivity index (χ0v) is 15.2. The van der Waals surface area contributed by atoms with Crippen molar-refractivity contribution >= 4 is 33.0 Å². The second-order valence-corrected chi connectivity index (χ2v) is 6.90. The molecular formula is C24H14N2O3. The molecule has 5 heteroatoms. The minimum Gasteiger partial charge on any atom is -0.507 e. The van der Waals surface area contributed by atoms with Gasteiger partial charge in [0.25, 0.3) is 0 Å². The summed E-state index contributed by atoms with van der Waals surface area (Å²) in [4.78, 5) is 9.07. The van der Waals surface area contributed by atoms with E-state index in [1.807, 2.05) is 72.8 Å². The van der Waals surface area contributed by atoms with E-state index in [9.17, 15) is 5.11 Å². The lowest BCUT2D eigenvalue weighted by atomic mass is 10.0. The van der Waals surface area contributed by atoms with Gasteiger partial charge < -0.3 is 13.9 Å². The summed E-state index contributed by atoms with van der Waals surface area (Å²) in [6, 6.07) is 24.7. The summed E-state index contributed by atoms with van der Waals surface area (Å²) in [5.41, 5.74) is 4.41. The SMILES string of the molecule is Oc1cc2ccc(-c3nc4ccccc4o3)cc2cc1-c1nc2ccccc2o1. The summed E-state index contributed by atoms with van der Waals surface area (Å²) in [6.45, 7) is 0. The van der Waals surface area contributed by atoms with Crippen LogP contribution in [0.25, 0.3) is 55.9 Å². The van der Waals surface area contributed by atoms with Crippen molar-refractivity contribution in [1.82, 2.24) is 9.97 Å². The van der Waals surface area contributed by atoms with Crippen LogP contribution in [0.3, 0.4) is 0 Å². The Morgan fingerprint density at radius 3 is 2.00 bits per heavy atom. The summed E-state index contributed by atoms with van der Waals surface area (Å²) in [5, 5.41) is 12.4. The van der Waals surface area contributed by atoms with Crippen LogP contribution in [0.1, 0.15) is 0 Å². The molecule has 6 aromatic rings. The minimum absolute atomic E-state index is 0.124. The molecule has 0 bridgehead atoms. The van der Waals surface area contributed by atoms with Crippen LogP contribution in [0, 0.1) is 0 Å². The van der Waals surface area contributed by atoms with Crippen molar-refractivity contribution in [1.29, 1.82) is 0 Å². The van der Waals surface area contributed by atoms with E-state index in [1.54, 1.807) is 6.07 Å². The molecule has 0 fully saturated rings. The molecule has 29 heavy (non-hydrogen) atoms. The van der Waals surface area contributed by atoms with Crippen molar-refractivity contribution in [2.24, 2.45) is 0 Å². The smallest absolute Gasteiger partial charge is 0.231 e. The largest absolute Gasteiger partial charge is 0.507 e. The predicted molar refractivity (Wildman–Crippen MR) is 112 cm³/mol. The highest BCUT2D eigenvalue weighted by Crippen LogP contribution is 2.36. The fourth-order valence-electron chi connectivity index (χ4n) is 3.57. The maximum atomic E-state index is 10.5. The maximum Gasteiger partial charge on any atom is 0.231 e. The van der Waals surface area contributed by atoms with Gasteiger partial charge in [-0.05, 0) is 59.3 Å². The van der Waals surface area contributed by atoms with Crippen LogP contribution < -0.4 is 0 Å². The summed E-state index contributed by atoms with van der Waals surface area (Å²) in [6.07, 6.45) is 0. The molecule has 0 aliphatic rings. The first-order chi connectivity index (χ1) is 14.2. The van der Waals surface area contributed by atoms with E-state index in [-0.39, 0.29) is 5.75 Å². The first-order valence-electron chi connectivity index (χ1n) is 9.23. The van der Waals surface area contributed by atoms with Crippen molar-refractivity contribution in [3.05, 3.63) is 78.9 Å². The van der Waals surface area contributed by atoms with Gasteiger partial charge in [-0.3, -0.25) is 0 Å². The summed E-state index contributed by atoms with van der Waals surface area (Å²) in [7, 11) is 0. The Bertz CT molecular complexity index is 1460. The monoisotopic (exact) mass is 378 g/mol. The number of aromatic nitrogens is 2. The molecule has 2 aromatic heterocycles. The summed E-state index contributed by atoms with van der Waals surface area (Å²) >= 11 is 0. The maximum absolute atomic E-state index is 10.5. The highest BCUT2D eigenvalue weighted by atomic mass is 16.4. The van der Waals surface area contributed by atoms with Crippen molar-refractivity contribution in [2.45, 2.75) is 0 Å². The van der Waals surface area contributed by atoms with Crippen LogP contribution in [-0.4, -0.2) is 15.1 Å². The highest BCUT2D eigenvalue weighted by molar-refractivity contribution is 5.92. The standard InChI is InChI=1S/C24H14N2O3/c27-20-13-14-9-10-15(23-25-18-5-1-3-7-21(18)28-23)11-16(14)12-17(20)24-26-19-6-2-4-8-22(19)29-24/h1-13,27H. The lowest BCUT2D eigenvalue weighted by Crippen LogP contribution is -1.83. The van der Waals surface area contributed by atoms with Crippen LogP contribution >= 0.6 is 0 Å². The van der Waals surface area contributed by atoms with Crippen LogP contribution in [0.2, 0.25) is 0 Å². The van der Waals surface area contributed by atoms with Crippen LogP contribution in [0.4, 0.5) is 0 Å². The molecule has 0 radical (unpaired) electrons. The number of rotatable bonds is 2. The molecule has 6 rings (SSSR count). The lowest BCUT2D eigenvalue weighted by Gasteiger charge is -2.05. The number of phenolic OH excluding ortho intramolecular Hbond substituents is 1. The van der Waals surface area contributed by atoms with E-state index < -0.39 is 0 Å². The van der Waals surface area contributed by atoms with Gasteiger partial charge in [-0.15, -0.1) is 0 Å². The van der Waals surface area contributed by atoms with Crippen LogP contribution in [-0.2, 0) is 0 Å². The number of oxazole rings is 2. The average molecular weight is 378 g/mol. The van der Waals surface area contributed by atoms with Crippen LogP contribution in [0.15, 0.2) is 87.7 Å². The predicted octanol–water partition coefficient (Wildman–Crippen LogP) is 6.16. The lowest BCUT2D eigenvalue weighted by molar-refractivity contribution is 0.475. The number of benzene rings is 4. The van der Waals surface area contributed by atoms with E-state index in [0.717, 1.165) is 33.0 Å². The Labute approximate surface area is 164 Å². The fourth-order valence-corrected chi connectivity index (χ4v) is 3.57. The molecule has 0 atom stereocenters. The van der Waals surface area contributed by atoms with Crippen molar-refractivity contribution in [2.75, 3.05) is 0 Å². The fraction of sp³-hybridized carbons (Fsp3) is 0. The van der Waals surface area contributed by atoms with E-state index >= 15 is 0 Å². The third-order valence-electron chi connectivity index (χ3n) is 5.02. The highest BCUT2D eigenvalue weighted by Gasteiger charge is 2.15. The molecule has 2 heterocycles. The topological polar surface area (TPSA) is 72.3 Å². The number of aromatic hydroxyl groups is 1. The molecule has 1 N–H and O–H groups in total. The van der Waals surface area contributed by atoms with Gasteiger partial charge in [-0.1, -0.05) is 30.3 Å². The second kappa shape index (κ2) is 5.94. The summed E-state index contributed by atoms with van der Waals surface area (Å²) < 4.78 is 11.7. The number of nitrogens with zero attached hydrogens (tertiary/aromatic N) is 2. The number of phenols is 1. The van der Waals surface area contributed by atoms with E-state index in [2.05, 4.69) is 9.97 Å². The van der Waals surface area contributed by atoms with Gasteiger partial charge in [0.05, 0.1) is 5.56 Å². The molecule has 0 spiro atoms. The molecule has 0 unspecified atom stereocenters. The molecule has 5 nitrogen and oxygen atoms in total. The molecule has 0 saturated carbocycles. The Kier molecular flexibility index (Phi) is 3.25. The second-order valence-electron chi connectivity index (χ2n) is 6.90. The van der Waals surface area contributed by atoms with Crippen LogP contribution in [0.5, 0.6) is 5.75 Å². The summed E-state index contributed by atoms with van der Waals surface area (Å²) in [5.74, 6) is 1.07. The number of para-hydroxylation sites is 4. The molecule has 0 aliphatic carbocycles. The molecular weight excluding hydrogens is 364 g/mol. The zero-order chi connectivity index (χ0) is 19.4. The number of hydrogen-bond donors (Lipinski definition) is 1. The van der Waals surface area contributed by atoms with Crippen molar-refractivity contribution in [3.63, 3.8) is 0 Å². The van der Waals surface area contributed by atoms with Gasteiger partial charge >= 0.3 is 0 Å². The molecule has 0 amide bonds. The molecule has 4 aromatic carbocycles. The van der Waals surface area contributed by atoms with Gasteiger partial charge in [-0.25, -0.2) is 9.97 Å². The molecule has 0 saturated heterocycles. The van der Waals surface area contributed by atoms with Crippen molar-refractivity contribution < 1.29 is 13.9 Å². The zero-order valence-electron chi connectivity index (χ0n) is 15.2. The Balaban J connectivity index is 1.51. The molecule has 0 aliphatic heterocycles. The van der Waals surface area contributed by atoms with Gasteiger partial charge in [-0.2, -0.15) is 0 Å². The van der Waals surface area contributed by atoms with Gasteiger partial charge in [0.1, 0.15) is 16.8 Å². The number of hydrogen-bond acceptors (Lipinski definition) is 5. The molecule has 138 valence electrons. The third kappa shape index (κ3) is 2.56.